The molecular weight excluding hydrogens is 453 g/mol. The fraction of sp³-hybridized carbons (Fsp3) is 0.0909. The number of benzene rings is 1. The molecule has 0 bridgehead atoms. The zero-order valence-corrected chi connectivity index (χ0v) is 18.5. The van der Waals surface area contributed by atoms with E-state index in [0.29, 0.717) is 27.1 Å². The lowest BCUT2D eigenvalue weighted by atomic mass is 10.2. The van der Waals surface area contributed by atoms with Gasteiger partial charge in [0.1, 0.15) is 0 Å². The Morgan fingerprint density at radius 2 is 2.06 bits per heavy atom. The molecular formula is C22H15Cl2N5OS. The van der Waals surface area contributed by atoms with Gasteiger partial charge in [-0.25, -0.2) is 9.53 Å². The Hall–Kier alpha value is -3.18. The highest BCUT2D eigenvalue weighted by molar-refractivity contribution is 7.13. The quantitative estimate of drug-likeness (QED) is 0.348. The fourth-order valence-corrected chi connectivity index (χ4v) is 4.35. The maximum Gasteiger partial charge on any atom is 0.261 e. The molecule has 0 saturated heterocycles. The Labute approximate surface area is 192 Å². The van der Waals surface area contributed by atoms with Crippen molar-refractivity contribution in [3.05, 3.63) is 93.0 Å². The van der Waals surface area contributed by atoms with Crippen LogP contribution in [0.1, 0.15) is 29.1 Å². The molecule has 0 unspecified atom stereocenters. The normalized spacial score (nSPS) is 11.7. The Balaban J connectivity index is 1.82. The monoisotopic (exact) mass is 467 g/mol. The van der Waals surface area contributed by atoms with Gasteiger partial charge in [-0.05, 0) is 48.7 Å². The number of carbonyl (C=O) groups excluding carboxylic acids is 1. The topological polar surface area (TPSA) is 64.2 Å². The van der Waals surface area contributed by atoms with Gasteiger partial charge < -0.3 is 5.32 Å². The standard InChI is InChI=1S/C22H15Cl2N5OS/c1-13(16-6-3-4-10-26-16)27-22(30)20-19(25-2)21(18-7-5-11-31-18)29(28-20)17-9-8-14(23)12-15(17)24/h3-13H,1H3,(H,27,30)/t13-/m1/s1. The smallest absolute Gasteiger partial charge is 0.261 e. The third-order valence-electron chi connectivity index (χ3n) is 4.56. The molecule has 31 heavy (non-hydrogen) atoms. The third-order valence-corrected chi connectivity index (χ3v) is 5.97. The van der Waals surface area contributed by atoms with E-state index in [9.17, 15) is 4.79 Å². The van der Waals surface area contributed by atoms with Crippen molar-refractivity contribution < 1.29 is 4.79 Å². The predicted molar refractivity (Wildman–Crippen MR) is 123 cm³/mol. The summed E-state index contributed by atoms with van der Waals surface area (Å²) >= 11 is 13.9. The van der Waals surface area contributed by atoms with Crippen LogP contribution in [0.5, 0.6) is 0 Å². The van der Waals surface area contributed by atoms with E-state index < -0.39 is 5.91 Å². The highest BCUT2D eigenvalue weighted by atomic mass is 35.5. The number of thiophene rings is 1. The molecule has 0 saturated carbocycles. The third kappa shape index (κ3) is 4.19. The summed E-state index contributed by atoms with van der Waals surface area (Å²) in [5.74, 6) is -0.467. The maximum atomic E-state index is 13.1. The molecule has 1 atom stereocenters. The zero-order chi connectivity index (χ0) is 22.0. The van der Waals surface area contributed by atoms with Crippen molar-refractivity contribution in [1.29, 1.82) is 0 Å². The van der Waals surface area contributed by atoms with Gasteiger partial charge in [-0.1, -0.05) is 35.3 Å². The van der Waals surface area contributed by atoms with E-state index in [1.165, 1.54) is 16.0 Å². The molecule has 1 amide bonds. The van der Waals surface area contributed by atoms with E-state index in [1.54, 1.807) is 30.5 Å². The molecule has 9 heteroatoms. The molecule has 0 spiro atoms. The van der Waals surface area contributed by atoms with E-state index in [2.05, 4.69) is 20.2 Å². The van der Waals surface area contributed by atoms with E-state index in [4.69, 9.17) is 29.8 Å². The van der Waals surface area contributed by atoms with E-state index in [-0.39, 0.29) is 17.4 Å². The maximum absolute atomic E-state index is 13.1. The number of rotatable bonds is 5. The minimum absolute atomic E-state index is 0.0206. The van der Waals surface area contributed by atoms with Crippen molar-refractivity contribution >= 4 is 46.1 Å². The second kappa shape index (κ2) is 8.90. The number of aromatic nitrogens is 3. The first-order valence-corrected chi connectivity index (χ1v) is 10.8. The van der Waals surface area contributed by atoms with Crippen LogP contribution < -0.4 is 5.32 Å². The van der Waals surface area contributed by atoms with Crippen LogP contribution in [-0.4, -0.2) is 20.7 Å². The van der Waals surface area contributed by atoms with Crippen LogP contribution in [0.15, 0.2) is 60.1 Å². The SMILES string of the molecule is [C-]#[N+]c1c(C(=O)N[C@H](C)c2ccccn2)nn(-c2ccc(Cl)cc2Cl)c1-c1cccs1. The Morgan fingerprint density at radius 3 is 2.71 bits per heavy atom. The molecule has 0 aliphatic heterocycles. The summed E-state index contributed by atoms with van der Waals surface area (Å²) in [6.45, 7) is 9.59. The van der Waals surface area contributed by atoms with Gasteiger partial charge in [-0.15, -0.1) is 11.3 Å². The lowest BCUT2D eigenvalue weighted by Gasteiger charge is -2.12. The van der Waals surface area contributed by atoms with Crippen molar-refractivity contribution in [3.63, 3.8) is 0 Å². The lowest BCUT2D eigenvalue weighted by molar-refractivity contribution is 0.0934. The van der Waals surface area contributed by atoms with Gasteiger partial charge in [0.05, 0.1) is 34.7 Å². The first kappa shape index (κ1) is 21.1. The molecule has 154 valence electrons. The highest BCUT2D eigenvalue weighted by Gasteiger charge is 2.27. The van der Waals surface area contributed by atoms with E-state index in [0.717, 1.165) is 4.88 Å². The van der Waals surface area contributed by atoms with Crippen LogP contribution in [0.3, 0.4) is 0 Å². The molecule has 0 aliphatic carbocycles. The summed E-state index contributed by atoms with van der Waals surface area (Å²) in [5, 5.41) is 10.1. The second-order valence-corrected chi connectivity index (χ2v) is 8.38. The summed E-state index contributed by atoms with van der Waals surface area (Å²) in [5.41, 5.74) is 1.91. The van der Waals surface area contributed by atoms with Gasteiger partial charge in [0.25, 0.3) is 5.91 Å². The van der Waals surface area contributed by atoms with Gasteiger partial charge in [-0.2, -0.15) is 5.10 Å². The van der Waals surface area contributed by atoms with Crippen LogP contribution in [-0.2, 0) is 0 Å². The molecule has 1 N–H and O–H groups in total. The van der Waals surface area contributed by atoms with Crippen LogP contribution in [0.25, 0.3) is 21.1 Å². The van der Waals surface area contributed by atoms with E-state index >= 15 is 0 Å². The first-order chi connectivity index (χ1) is 15.0. The van der Waals surface area contributed by atoms with Gasteiger partial charge in [0.2, 0.25) is 5.69 Å². The summed E-state index contributed by atoms with van der Waals surface area (Å²) < 4.78 is 1.53. The summed E-state index contributed by atoms with van der Waals surface area (Å²) in [6.07, 6.45) is 1.66. The molecule has 6 nitrogen and oxygen atoms in total. The molecule has 4 aromatic rings. The highest BCUT2D eigenvalue weighted by Crippen LogP contribution is 2.39. The second-order valence-electron chi connectivity index (χ2n) is 6.59. The molecule has 1 aromatic carbocycles. The number of hydrogen-bond donors (Lipinski definition) is 1. The van der Waals surface area contributed by atoms with Crippen molar-refractivity contribution in [1.82, 2.24) is 20.1 Å². The Kier molecular flexibility index (Phi) is 6.05. The first-order valence-electron chi connectivity index (χ1n) is 9.21. The van der Waals surface area contributed by atoms with Crippen LogP contribution in [0.4, 0.5) is 5.69 Å². The number of halogens is 2. The predicted octanol–water partition coefficient (Wildman–Crippen LogP) is 6.34. The lowest BCUT2D eigenvalue weighted by Crippen LogP contribution is -2.27. The molecule has 0 radical (unpaired) electrons. The van der Waals surface area contributed by atoms with Crippen LogP contribution >= 0.6 is 34.5 Å². The summed E-state index contributed by atoms with van der Waals surface area (Å²) in [6, 6.07) is 13.8. The Bertz CT molecular complexity index is 1280. The number of nitrogens with one attached hydrogen (secondary N) is 1. The molecule has 3 heterocycles. The Morgan fingerprint density at radius 1 is 1.23 bits per heavy atom. The molecule has 3 aromatic heterocycles. The van der Waals surface area contributed by atoms with Gasteiger partial charge >= 0.3 is 0 Å². The largest absolute Gasteiger partial charge is 0.344 e. The fourth-order valence-electron chi connectivity index (χ4n) is 3.10. The molecule has 0 fully saturated rings. The molecule has 0 aliphatic rings. The van der Waals surface area contributed by atoms with Crippen LogP contribution in [0, 0.1) is 6.57 Å². The van der Waals surface area contributed by atoms with Gasteiger partial charge in [0.15, 0.2) is 5.69 Å². The summed E-state index contributed by atoms with van der Waals surface area (Å²) in [7, 11) is 0. The zero-order valence-electron chi connectivity index (χ0n) is 16.2. The number of amides is 1. The molecule has 4 rings (SSSR count). The van der Waals surface area contributed by atoms with Gasteiger partial charge in [-0.3, -0.25) is 9.78 Å². The average Bonchev–Trinajstić information content (AvgIpc) is 3.41. The number of carbonyl (C=O) groups is 1. The van der Waals surface area contributed by atoms with Crippen molar-refractivity contribution in [2.75, 3.05) is 0 Å². The van der Waals surface area contributed by atoms with Crippen molar-refractivity contribution in [2.24, 2.45) is 0 Å². The van der Waals surface area contributed by atoms with Crippen molar-refractivity contribution in [2.45, 2.75) is 13.0 Å². The van der Waals surface area contributed by atoms with Crippen LogP contribution in [0.2, 0.25) is 10.0 Å². The minimum Gasteiger partial charge on any atom is -0.344 e. The van der Waals surface area contributed by atoms with Crippen molar-refractivity contribution in [3.8, 4) is 16.3 Å². The number of hydrogen-bond acceptors (Lipinski definition) is 4. The number of nitrogens with zero attached hydrogens (tertiary/aromatic N) is 4. The van der Waals surface area contributed by atoms with E-state index in [1.807, 2.05) is 36.6 Å². The minimum atomic E-state index is -0.467. The average molecular weight is 468 g/mol. The number of pyridine rings is 1. The summed E-state index contributed by atoms with van der Waals surface area (Å²) in [4.78, 5) is 21.8. The van der Waals surface area contributed by atoms with Gasteiger partial charge in [0, 0.05) is 16.1 Å².